The molecule has 0 heterocycles. The van der Waals surface area contributed by atoms with Crippen molar-refractivity contribution in [2.45, 2.75) is 66.5 Å². The van der Waals surface area contributed by atoms with Crippen molar-refractivity contribution < 1.29 is 30.6 Å². The molecule has 0 saturated heterocycles. The van der Waals surface area contributed by atoms with E-state index in [-0.39, 0.29) is 6.42 Å². The summed E-state index contributed by atoms with van der Waals surface area (Å²) in [7, 11) is 0. The molecular weight excluding hydrogens is 384 g/mol. The molecule has 6 nitrogen and oxygen atoms in total. The van der Waals surface area contributed by atoms with Gasteiger partial charge in [-0.15, -0.1) is 0 Å². The lowest BCUT2D eigenvalue weighted by molar-refractivity contribution is -0.137. The largest absolute Gasteiger partial charge is 0.394 e. The maximum absolute atomic E-state index is 12.1. The number of hydrogen-bond acceptors (Lipinski definition) is 6. The maximum Gasteiger partial charge on any atom is 0.142 e. The van der Waals surface area contributed by atoms with Crippen molar-refractivity contribution in [2.24, 2.45) is 0 Å². The zero-order chi connectivity index (χ0) is 22.0. The summed E-state index contributed by atoms with van der Waals surface area (Å²) in [4.78, 5) is 0. The van der Waals surface area contributed by atoms with Gasteiger partial charge in [-0.2, -0.15) is 0 Å². The van der Waals surface area contributed by atoms with E-state index in [0.717, 1.165) is 0 Å². The van der Waals surface area contributed by atoms with Crippen LogP contribution < -0.4 is 0 Å². The van der Waals surface area contributed by atoms with Gasteiger partial charge in [0.2, 0.25) is 0 Å². The lowest BCUT2D eigenvalue weighted by Gasteiger charge is -2.29. The maximum atomic E-state index is 12.1. The molecule has 0 spiro atoms. The van der Waals surface area contributed by atoms with E-state index in [1.807, 2.05) is 6.07 Å². The van der Waals surface area contributed by atoms with E-state index in [2.05, 4.69) is 0 Å². The van der Waals surface area contributed by atoms with Gasteiger partial charge in [0.15, 0.2) is 0 Å². The number of rotatable bonds is 7. The lowest BCUT2D eigenvalue weighted by atomic mass is 9.80. The van der Waals surface area contributed by atoms with Crippen molar-refractivity contribution in [2.75, 3.05) is 6.61 Å². The second-order valence-electron chi connectivity index (χ2n) is 8.66. The molecule has 6 N–H and O–H groups in total. The summed E-state index contributed by atoms with van der Waals surface area (Å²) in [6.07, 6.45) is -2.61. The fraction of sp³-hybridized carbons (Fsp3) is 0.500. The van der Waals surface area contributed by atoms with E-state index >= 15 is 0 Å². The highest BCUT2D eigenvalue weighted by atomic mass is 16.5. The molecule has 4 rings (SSSR count). The third-order valence-corrected chi connectivity index (χ3v) is 8.07. The zero-order valence-corrected chi connectivity index (χ0v) is 17.2. The molecule has 0 radical (unpaired) electrons. The van der Waals surface area contributed by atoms with Crippen LogP contribution in [0.5, 0.6) is 0 Å². The van der Waals surface area contributed by atoms with E-state index in [4.69, 9.17) is 0 Å². The Kier molecular flexibility index (Phi) is 4.71. The molecule has 2 fully saturated rings. The van der Waals surface area contributed by atoms with Crippen LogP contribution in [-0.2, 0) is 10.8 Å². The number of benzene rings is 2. The van der Waals surface area contributed by atoms with Crippen LogP contribution in [0.25, 0.3) is 0 Å². The fourth-order valence-electron chi connectivity index (χ4n) is 6.57. The van der Waals surface area contributed by atoms with Crippen molar-refractivity contribution in [3.8, 4) is 0 Å². The summed E-state index contributed by atoms with van der Waals surface area (Å²) in [5, 5.41) is 67.2. The summed E-state index contributed by atoms with van der Waals surface area (Å²) >= 11 is 0. The monoisotopic (exact) mass is 414 g/mol. The Labute approximate surface area is 176 Å². The molecule has 2 aromatic carbocycles. The van der Waals surface area contributed by atoms with Gasteiger partial charge >= 0.3 is 0 Å². The van der Waals surface area contributed by atoms with Crippen LogP contribution >= 0.6 is 0 Å². The minimum Gasteiger partial charge on any atom is -0.394 e. The summed E-state index contributed by atoms with van der Waals surface area (Å²) in [6, 6.07) is 17.6. The van der Waals surface area contributed by atoms with Crippen LogP contribution in [0, 0.1) is 0 Å². The second kappa shape index (κ2) is 6.60. The minimum atomic E-state index is -2.30. The molecule has 0 amide bonds. The van der Waals surface area contributed by atoms with Crippen LogP contribution in [0.15, 0.2) is 60.7 Å². The van der Waals surface area contributed by atoms with Gasteiger partial charge in [0.25, 0.3) is 0 Å². The second-order valence-corrected chi connectivity index (χ2v) is 8.66. The Morgan fingerprint density at radius 1 is 0.833 bits per heavy atom. The number of hydrogen-bond donors (Lipinski definition) is 6. The van der Waals surface area contributed by atoms with E-state index < -0.39 is 46.4 Å². The normalized spacial score (nSPS) is 43.3. The predicted molar refractivity (Wildman–Crippen MR) is 111 cm³/mol. The van der Waals surface area contributed by atoms with Crippen LogP contribution in [0.4, 0.5) is 0 Å². The van der Waals surface area contributed by atoms with Gasteiger partial charge in [-0.3, -0.25) is 0 Å². The average molecular weight is 414 g/mol. The first-order valence-electron chi connectivity index (χ1n) is 10.5. The Morgan fingerprint density at radius 2 is 1.33 bits per heavy atom. The molecule has 3 unspecified atom stereocenters. The Balaban J connectivity index is 1.96. The molecule has 0 bridgehead atoms. The van der Waals surface area contributed by atoms with Gasteiger partial charge < -0.3 is 30.6 Å². The molecule has 2 saturated carbocycles. The minimum absolute atomic E-state index is 0.171. The van der Waals surface area contributed by atoms with Crippen LogP contribution in [0.3, 0.4) is 0 Å². The topological polar surface area (TPSA) is 121 Å². The van der Waals surface area contributed by atoms with Gasteiger partial charge in [-0.1, -0.05) is 74.5 Å². The van der Waals surface area contributed by atoms with Crippen molar-refractivity contribution in [3.05, 3.63) is 71.8 Å². The van der Waals surface area contributed by atoms with Gasteiger partial charge in [-0.05, 0) is 24.0 Å². The standard InChI is InChI=1S/C24H30O6/c1-3-20(16-11-7-5-8-12-16)19(27)23(20,29)24(30)21(4-2,17-13-9-6-10-14-17)22(24,28)18(26)15-25/h5-14,18-19,25-30H,3-4,15H2,1-2H3/t18-,19?,20?,21?,22+,23-,24+/m1/s1. The van der Waals surface area contributed by atoms with Gasteiger partial charge in [0.05, 0.1) is 23.5 Å². The third kappa shape index (κ3) is 1.92. The molecule has 0 aliphatic heterocycles. The van der Waals surface area contributed by atoms with Crippen molar-refractivity contribution >= 4 is 0 Å². The first-order chi connectivity index (χ1) is 14.2. The fourth-order valence-corrected chi connectivity index (χ4v) is 6.57. The van der Waals surface area contributed by atoms with Crippen molar-refractivity contribution in [1.29, 1.82) is 0 Å². The first kappa shape index (κ1) is 21.4. The third-order valence-electron chi connectivity index (χ3n) is 8.07. The molecule has 0 aromatic heterocycles. The van der Waals surface area contributed by atoms with E-state index in [0.29, 0.717) is 17.5 Å². The van der Waals surface area contributed by atoms with E-state index in [1.54, 1.807) is 68.4 Å². The van der Waals surface area contributed by atoms with Gasteiger partial charge in [-0.25, -0.2) is 0 Å². The van der Waals surface area contributed by atoms with E-state index in [9.17, 15) is 30.6 Å². The predicted octanol–water partition coefficient (Wildman–Crippen LogP) is 0.617. The summed E-state index contributed by atoms with van der Waals surface area (Å²) in [6.45, 7) is 2.75. The zero-order valence-electron chi connectivity index (χ0n) is 17.2. The van der Waals surface area contributed by atoms with Gasteiger partial charge in [0.1, 0.15) is 22.9 Å². The van der Waals surface area contributed by atoms with Crippen molar-refractivity contribution in [3.63, 3.8) is 0 Å². The SMILES string of the molecule is CCC1(c2ccccc2)C(O)[C@]1(O)[C@]1(O)C(CC)(c2ccccc2)[C@@]1(O)[C@H](O)CO. The molecule has 2 aliphatic rings. The van der Waals surface area contributed by atoms with Gasteiger partial charge in [0, 0.05) is 0 Å². The number of aliphatic hydroxyl groups is 6. The summed E-state index contributed by atoms with van der Waals surface area (Å²) in [5.41, 5.74) is -8.23. The van der Waals surface area contributed by atoms with Crippen LogP contribution in [0.1, 0.15) is 37.8 Å². The van der Waals surface area contributed by atoms with Crippen LogP contribution in [0.2, 0.25) is 0 Å². The van der Waals surface area contributed by atoms with Crippen LogP contribution in [-0.4, -0.2) is 66.3 Å². The average Bonchev–Trinajstić information content (AvgIpc) is 3.50. The molecule has 2 aromatic rings. The van der Waals surface area contributed by atoms with Crippen molar-refractivity contribution in [1.82, 2.24) is 0 Å². The molecule has 2 aliphatic carbocycles. The highest BCUT2D eigenvalue weighted by Crippen LogP contribution is 2.81. The number of aliphatic hydroxyl groups excluding tert-OH is 3. The Hall–Kier alpha value is -1.80. The first-order valence-corrected chi connectivity index (χ1v) is 10.5. The Bertz CT molecular complexity index is 922. The highest BCUT2D eigenvalue weighted by molar-refractivity contribution is 5.64. The summed E-state index contributed by atoms with van der Waals surface area (Å²) < 4.78 is 0. The molecular formula is C24H30O6. The molecule has 30 heavy (non-hydrogen) atoms. The highest BCUT2D eigenvalue weighted by Gasteiger charge is 3.03. The van der Waals surface area contributed by atoms with E-state index in [1.165, 1.54) is 0 Å². The quantitative estimate of drug-likeness (QED) is 0.395. The molecule has 7 atom stereocenters. The summed E-state index contributed by atoms with van der Waals surface area (Å²) in [5.74, 6) is 0. The molecule has 6 heteroatoms. The Morgan fingerprint density at radius 3 is 1.77 bits per heavy atom. The molecule has 162 valence electrons. The lowest BCUT2D eigenvalue weighted by Crippen LogP contribution is -2.51. The smallest absolute Gasteiger partial charge is 0.142 e.